The van der Waals surface area contributed by atoms with Gasteiger partial charge in [0, 0.05) is 18.2 Å². The molecule has 14 nitrogen and oxygen atoms in total. The summed E-state index contributed by atoms with van der Waals surface area (Å²) in [5, 5.41) is 21.8. The van der Waals surface area contributed by atoms with E-state index in [-0.39, 0.29) is 30.8 Å². The fraction of sp³-hybridized carbons (Fsp3) is 0.387. The van der Waals surface area contributed by atoms with E-state index in [2.05, 4.69) is 10.3 Å². The maximum atomic E-state index is 14.0. The molecule has 0 aliphatic carbocycles. The molecule has 0 unspecified atom stereocenters. The van der Waals surface area contributed by atoms with Gasteiger partial charge in [-0.2, -0.15) is 8.42 Å². The van der Waals surface area contributed by atoms with Crippen LogP contribution in [0.25, 0.3) is 0 Å². The van der Waals surface area contributed by atoms with Crippen molar-refractivity contribution in [3.8, 4) is 5.75 Å². The number of carbonyl (C=O) groups is 4. The first-order valence-electron chi connectivity index (χ1n) is 14.8. The Morgan fingerprint density at radius 1 is 1.04 bits per heavy atom. The van der Waals surface area contributed by atoms with Crippen LogP contribution in [0.3, 0.4) is 0 Å². The summed E-state index contributed by atoms with van der Waals surface area (Å²) in [6.45, 7) is 2.00. The molecule has 0 saturated carbocycles. The van der Waals surface area contributed by atoms with E-state index >= 15 is 0 Å². The maximum absolute atomic E-state index is 14.0. The van der Waals surface area contributed by atoms with Crippen molar-refractivity contribution in [2.45, 2.75) is 75.0 Å². The van der Waals surface area contributed by atoms with E-state index in [1.807, 2.05) is 6.92 Å². The summed E-state index contributed by atoms with van der Waals surface area (Å²) in [4.78, 5) is 55.4. The fourth-order valence-electron chi connectivity index (χ4n) is 5.46. The molecule has 1 saturated heterocycles. The smallest absolute Gasteiger partial charge is 0.326 e. The van der Waals surface area contributed by atoms with Crippen LogP contribution >= 0.6 is 0 Å². The molecule has 3 aromatic rings. The highest BCUT2D eigenvalue weighted by atomic mass is 32.2. The molecule has 46 heavy (non-hydrogen) atoms. The molecule has 2 amide bonds. The Balaban J connectivity index is 1.56. The molecule has 1 aromatic heterocycles. The molecular formula is C31H36N4O10S. The third-order valence-electron chi connectivity index (χ3n) is 7.67. The summed E-state index contributed by atoms with van der Waals surface area (Å²) >= 11 is 0. The molecule has 4 rings (SSSR count). The lowest BCUT2D eigenvalue weighted by molar-refractivity contribution is -0.149. The first-order chi connectivity index (χ1) is 21.9. The fourth-order valence-corrected chi connectivity index (χ4v) is 6.15. The molecule has 1 aliphatic rings. The number of hydrogen-bond donors (Lipinski definition) is 4. The third kappa shape index (κ3) is 8.48. The van der Waals surface area contributed by atoms with Crippen molar-refractivity contribution in [1.82, 2.24) is 14.5 Å². The van der Waals surface area contributed by atoms with Crippen molar-refractivity contribution in [1.29, 1.82) is 0 Å². The Labute approximate surface area is 265 Å². The Bertz CT molecular complexity index is 1690. The van der Waals surface area contributed by atoms with Gasteiger partial charge >= 0.3 is 11.9 Å². The van der Waals surface area contributed by atoms with Crippen molar-refractivity contribution in [2.24, 2.45) is 0 Å². The van der Waals surface area contributed by atoms with E-state index < -0.39 is 57.0 Å². The summed E-state index contributed by atoms with van der Waals surface area (Å²) in [5.41, 5.74) is 0.122. The number of imidazole rings is 1. The predicted molar refractivity (Wildman–Crippen MR) is 164 cm³/mol. The van der Waals surface area contributed by atoms with Crippen LogP contribution in [0.2, 0.25) is 0 Å². The second kappa shape index (κ2) is 15.0. The molecule has 4 N–H and O–H groups in total. The normalized spacial score (nSPS) is 17.0. The molecule has 2 heterocycles. The number of carbonyl (C=O) groups excluding carboxylic acids is 2. The average Bonchev–Trinajstić information content (AvgIpc) is 3.64. The zero-order chi connectivity index (χ0) is 33.4. The number of anilines is 1. The van der Waals surface area contributed by atoms with Gasteiger partial charge < -0.3 is 29.7 Å². The summed E-state index contributed by atoms with van der Waals surface area (Å²) in [5.74, 6) is -3.28. The zero-order valence-electron chi connectivity index (χ0n) is 25.1. The van der Waals surface area contributed by atoms with Gasteiger partial charge in [0.15, 0.2) is 5.82 Å². The Morgan fingerprint density at radius 2 is 1.76 bits per heavy atom. The molecule has 0 bridgehead atoms. The number of amides is 2. The highest BCUT2D eigenvalue weighted by Gasteiger charge is 2.43. The SMILES string of the molecule is CCCCCC[C@H](C(=O)N1C[C@@H](Oc2ccccc2CC(=O)O)C[C@H]1C(=O)O)n1cnc(NC(=O)c2ccccc2S(=O)(=O)O)c1. The topological polar surface area (TPSA) is 205 Å². The van der Waals surface area contributed by atoms with E-state index in [9.17, 15) is 42.4 Å². The number of rotatable bonds is 15. The number of para-hydroxylation sites is 1. The largest absolute Gasteiger partial charge is 0.488 e. The number of likely N-dealkylation sites (tertiary alicyclic amines) is 1. The maximum Gasteiger partial charge on any atom is 0.326 e. The van der Waals surface area contributed by atoms with E-state index in [0.29, 0.717) is 24.2 Å². The third-order valence-corrected chi connectivity index (χ3v) is 8.58. The van der Waals surface area contributed by atoms with Crippen LogP contribution in [0.5, 0.6) is 5.75 Å². The van der Waals surface area contributed by atoms with Crippen molar-refractivity contribution in [2.75, 3.05) is 11.9 Å². The number of carboxylic acids is 2. The number of nitrogens with zero attached hydrogens (tertiary/aromatic N) is 3. The number of nitrogens with one attached hydrogen (secondary N) is 1. The second-order valence-corrected chi connectivity index (χ2v) is 12.4. The van der Waals surface area contributed by atoms with Gasteiger partial charge in [-0.25, -0.2) is 9.78 Å². The van der Waals surface area contributed by atoms with Crippen LogP contribution < -0.4 is 10.1 Å². The predicted octanol–water partition coefficient (Wildman–Crippen LogP) is 3.65. The minimum absolute atomic E-state index is 0.00829. The van der Waals surface area contributed by atoms with Gasteiger partial charge in [0.05, 0.1) is 24.9 Å². The summed E-state index contributed by atoms with van der Waals surface area (Å²) in [6.07, 6.45) is 5.46. The molecule has 1 fully saturated rings. The number of ether oxygens (including phenoxy) is 1. The zero-order valence-corrected chi connectivity index (χ0v) is 25.9. The van der Waals surface area contributed by atoms with Crippen molar-refractivity contribution in [3.05, 3.63) is 72.2 Å². The number of carboxylic acid groups (broad SMARTS) is 2. The number of hydrogen-bond acceptors (Lipinski definition) is 8. The van der Waals surface area contributed by atoms with E-state index in [1.165, 1.54) is 40.2 Å². The van der Waals surface area contributed by atoms with Crippen LogP contribution in [0.1, 0.15) is 67.4 Å². The highest BCUT2D eigenvalue weighted by Crippen LogP contribution is 2.30. The summed E-state index contributed by atoms with van der Waals surface area (Å²) in [7, 11) is -4.68. The van der Waals surface area contributed by atoms with Gasteiger partial charge in [-0.1, -0.05) is 62.9 Å². The van der Waals surface area contributed by atoms with Gasteiger partial charge in [0.1, 0.15) is 28.8 Å². The Kier molecular flexibility index (Phi) is 11.1. The number of unbranched alkanes of at least 4 members (excludes halogenated alkanes) is 3. The first kappa shape index (κ1) is 34.1. The minimum atomic E-state index is -4.68. The lowest BCUT2D eigenvalue weighted by atomic mass is 10.1. The molecule has 0 radical (unpaired) electrons. The van der Waals surface area contributed by atoms with Crippen LogP contribution in [0, 0.1) is 0 Å². The first-order valence-corrected chi connectivity index (χ1v) is 16.2. The van der Waals surface area contributed by atoms with Gasteiger partial charge in [-0.05, 0) is 24.6 Å². The van der Waals surface area contributed by atoms with Crippen molar-refractivity contribution < 1.29 is 47.1 Å². The molecule has 3 atom stereocenters. The van der Waals surface area contributed by atoms with E-state index in [4.69, 9.17) is 4.74 Å². The lowest BCUT2D eigenvalue weighted by Crippen LogP contribution is -2.44. The number of aliphatic carboxylic acids is 2. The quantitative estimate of drug-likeness (QED) is 0.137. The van der Waals surface area contributed by atoms with Crippen molar-refractivity contribution in [3.63, 3.8) is 0 Å². The molecule has 15 heteroatoms. The Morgan fingerprint density at radius 3 is 2.46 bits per heavy atom. The van der Waals surface area contributed by atoms with Gasteiger partial charge in [-0.15, -0.1) is 0 Å². The molecule has 1 aliphatic heterocycles. The molecule has 2 aromatic carbocycles. The van der Waals surface area contributed by atoms with Crippen molar-refractivity contribution >= 4 is 39.7 Å². The van der Waals surface area contributed by atoms with E-state index in [0.717, 1.165) is 25.3 Å². The van der Waals surface area contributed by atoms with Crippen LogP contribution in [-0.2, 0) is 30.9 Å². The van der Waals surface area contributed by atoms with Gasteiger partial charge in [0.2, 0.25) is 5.91 Å². The van der Waals surface area contributed by atoms with Crippen LogP contribution in [0.4, 0.5) is 5.82 Å². The van der Waals surface area contributed by atoms with Gasteiger partial charge in [0.25, 0.3) is 16.0 Å². The summed E-state index contributed by atoms with van der Waals surface area (Å²) < 4.78 is 40.5. The van der Waals surface area contributed by atoms with Crippen LogP contribution in [-0.4, -0.2) is 80.1 Å². The molecular weight excluding hydrogens is 620 g/mol. The molecule has 0 spiro atoms. The molecule has 246 valence electrons. The highest BCUT2D eigenvalue weighted by molar-refractivity contribution is 7.86. The van der Waals surface area contributed by atoms with E-state index in [1.54, 1.807) is 24.3 Å². The second-order valence-electron chi connectivity index (χ2n) is 11.0. The Hall–Kier alpha value is -4.76. The summed E-state index contributed by atoms with van der Waals surface area (Å²) in [6, 6.07) is 9.61. The monoisotopic (exact) mass is 656 g/mol. The standard InChI is InChI=1S/C31H36N4O10S/c1-2-3-4-5-12-23(34-18-27(32-19-34)33-29(38)22-11-7-9-14-26(22)46(42,43)44)30(39)35-17-21(16-24(35)31(40)41)45-25-13-8-6-10-20(25)15-28(36)37/h6-11,13-14,18-19,21,23-24H,2-5,12,15-17H2,1H3,(H,33,38)(H,36,37)(H,40,41)(H,42,43,44)/t21-,23+,24-/m0/s1. The van der Waals surface area contributed by atoms with Gasteiger partial charge in [-0.3, -0.25) is 18.9 Å². The van der Waals surface area contributed by atoms with Crippen LogP contribution in [0.15, 0.2) is 66.0 Å². The minimum Gasteiger partial charge on any atom is -0.488 e. The lowest BCUT2D eigenvalue weighted by Gasteiger charge is -2.27. The number of aromatic nitrogens is 2. The average molecular weight is 657 g/mol. The number of benzene rings is 2.